The van der Waals surface area contributed by atoms with Crippen molar-refractivity contribution in [3.05, 3.63) is 23.3 Å². The van der Waals surface area contributed by atoms with Crippen molar-refractivity contribution in [2.75, 3.05) is 0 Å². The first-order chi connectivity index (χ1) is 8.23. The maximum absolute atomic E-state index is 13.1. The summed E-state index contributed by atoms with van der Waals surface area (Å²) in [6.45, 7) is 0. The molecule has 18 heavy (non-hydrogen) atoms. The Kier molecular flexibility index (Phi) is 4.33. The quantitative estimate of drug-likeness (QED) is 0.525. The molecule has 4 nitrogen and oxygen atoms in total. The van der Waals surface area contributed by atoms with Crippen molar-refractivity contribution in [1.29, 1.82) is 0 Å². The average molecular weight is 288 g/mol. The second-order valence-electron chi connectivity index (χ2n) is 3.14. The van der Waals surface area contributed by atoms with Gasteiger partial charge in [-0.1, -0.05) is 0 Å². The molecule has 1 N–H and O–H groups in total. The molecule has 0 aliphatic heterocycles. The van der Waals surface area contributed by atoms with Gasteiger partial charge in [-0.2, -0.15) is 4.39 Å². The Morgan fingerprint density at radius 2 is 2.11 bits per heavy atom. The Bertz CT molecular complexity index is 464. The van der Waals surface area contributed by atoms with Gasteiger partial charge in [-0.25, -0.2) is 4.98 Å². The molecule has 0 spiro atoms. The number of hydrogen-bond donors (Lipinski definition) is 1. The van der Waals surface area contributed by atoms with Crippen molar-refractivity contribution >= 4 is 17.6 Å². The largest absolute Gasteiger partial charge is 0.573 e. The van der Waals surface area contributed by atoms with Crippen LogP contribution in [-0.4, -0.2) is 22.4 Å². The normalized spacial score (nSPS) is 11.4. The molecule has 0 atom stereocenters. The molecule has 1 rings (SSSR count). The van der Waals surface area contributed by atoms with Gasteiger partial charge in [0.2, 0.25) is 0 Å². The van der Waals surface area contributed by atoms with Crippen molar-refractivity contribution in [3.8, 4) is 5.75 Å². The number of aromatic nitrogens is 1. The van der Waals surface area contributed by atoms with Gasteiger partial charge in [0, 0.05) is 0 Å². The Morgan fingerprint density at radius 1 is 1.50 bits per heavy atom. The highest BCUT2D eigenvalue weighted by Crippen LogP contribution is 2.27. The minimum Gasteiger partial charge on any atom is -0.481 e. The van der Waals surface area contributed by atoms with Crippen LogP contribution in [-0.2, 0) is 17.1 Å². The van der Waals surface area contributed by atoms with Crippen molar-refractivity contribution in [1.82, 2.24) is 4.98 Å². The van der Waals surface area contributed by atoms with Crippen LogP contribution in [0.3, 0.4) is 0 Å². The van der Waals surface area contributed by atoms with E-state index in [1.54, 1.807) is 0 Å². The number of carboxylic acid groups (broad SMARTS) is 1. The lowest BCUT2D eigenvalue weighted by atomic mass is 10.1. The van der Waals surface area contributed by atoms with Gasteiger partial charge in [0.15, 0.2) is 5.75 Å². The molecule has 0 aromatic carbocycles. The van der Waals surface area contributed by atoms with Gasteiger partial charge in [0.1, 0.15) is 0 Å². The number of hydrogen-bond acceptors (Lipinski definition) is 3. The van der Waals surface area contributed by atoms with E-state index in [2.05, 4.69) is 9.72 Å². The predicted molar refractivity (Wildman–Crippen MR) is 51.8 cm³/mol. The molecule has 0 saturated heterocycles. The number of nitrogens with zero attached hydrogens (tertiary/aromatic N) is 1. The Labute approximate surface area is 103 Å². The Balaban J connectivity index is 3.16. The van der Waals surface area contributed by atoms with E-state index in [0.717, 1.165) is 0 Å². The first-order valence-electron chi connectivity index (χ1n) is 4.44. The summed E-state index contributed by atoms with van der Waals surface area (Å²) < 4.78 is 52.3. The Hall–Kier alpha value is -1.57. The fourth-order valence-corrected chi connectivity index (χ4v) is 1.41. The minimum atomic E-state index is -5.09. The second kappa shape index (κ2) is 5.38. The maximum Gasteiger partial charge on any atom is 0.573 e. The van der Waals surface area contributed by atoms with Crippen LogP contribution in [0.4, 0.5) is 17.6 Å². The molecule has 0 saturated carbocycles. The summed E-state index contributed by atoms with van der Waals surface area (Å²) >= 11 is 5.39. The van der Waals surface area contributed by atoms with Gasteiger partial charge in [0.05, 0.1) is 18.0 Å². The zero-order valence-electron chi connectivity index (χ0n) is 8.59. The van der Waals surface area contributed by atoms with Crippen LogP contribution >= 0.6 is 11.6 Å². The number of carbonyl (C=O) groups is 1. The number of carboxylic acids is 1. The predicted octanol–water partition coefficient (Wildman–Crippen LogP) is 2.49. The number of halogens is 5. The van der Waals surface area contributed by atoms with Gasteiger partial charge in [-0.15, -0.1) is 24.8 Å². The van der Waals surface area contributed by atoms with Crippen molar-refractivity contribution < 1.29 is 32.2 Å². The third-order valence-corrected chi connectivity index (χ3v) is 2.06. The van der Waals surface area contributed by atoms with Gasteiger partial charge in [-0.3, -0.25) is 4.79 Å². The minimum absolute atomic E-state index is 0.141. The van der Waals surface area contributed by atoms with E-state index in [1.807, 2.05) is 0 Å². The molecule has 0 radical (unpaired) electrons. The fourth-order valence-electron chi connectivity index (χ4n) is 1.17. The lowest BCUT2D eigenvalue weighted by molar-refractivity contribution is -0.275. The van der Waals surface area contributed by atoms with Gasteiger partial charge < -0.3 is 9.84 Å². The maximum atomic E-state index is 13.1. The average Bonchev–Trinajstić information content (AvgIpc) is 2.19. The molecule has 0 bridgehead atoms. The van der Waals surface area contributed by atoms with E-state index in [4.69, 9.17) is 16.7 Å². The van der Waals surface area contributed by atoms with Crippen LogP contribution in [0.1, 0.15) is 11.3 Å². The molecule has 0 amide bonds. The van der Waals surface area contributed by atoms with Gasteiger partial charge in [0.25, 0.3) is 5.95 Å². The highest BCUT2D eigenvalue weighted by atomic mass is 35.5. The first-order valence-corrected chi connectivity index (χ1v) is 4.98. The summed E-state index contributed by atoms with van der Waals surface area (Å²) in [6.07, 6.45) is -5.73. The summed E-state index contributed by atoms with van der Waals surface area (Å²) in [6, 6.07) is 0.627. The van der Waals surface area contributed by atoms with E-state index < -0.39 is 30.4 Å². The van der Waals surface area contributed by atoms with E-state index in [0.29, 0.717) is 6.07 Å². The molecule has 0 aliphatic rings. The molecule has 9 heteroatoms. The van der Waals surface area contributed by atoms with Crippen molar-refractivity contribution in [2.24, 2.45) is 0 Å². The van der Waals surface area contributed by atoms with Crippen LogP contribution in [0.15, 0.2) is 6.07 Å². The molecule has 0 aliphatic carbocycles. The summed E-state index contributed by atoms with van der Waals surface area (Å²) in [5.41, 5.74) is -0.288. The third kappa shape index (κ3) is 4.02. The number of ether oxygens (including phenoxy) is 1. The smallest absolute Gasteiger partial charge is 0.481 e. The lowest BCUT2D eigenvalue weighted by Gasteiger charge is -2.12. The summed E-state index contributed by atoms with van der Waals surface area (Å²) in [4.78, 5) is 13.6. The molecule has 0 fully saturated rings. The van der Waals surface area contributed by atoms with Gasteiger partial charge >= 0.3 is 12.3 Å². The van der Waals surface area contributed by atoms with Crippen LogP contribution in [0.2, 0.25) is 0 Å². The number of pyridine rings is 1. The summed E-state index contributed by atoms with van der Waals surface area (Å²) in [5.74, 6) is -4.33. The zero-order valence-corrected chi connectivity index (χ0v) is 9.35. The lowest BCUT2D eigenvalue weighted by Crippen LogP contribution is -2.19. The SMILES string of the molecule is O=C(O)Cc1cc(OC(F)(F)F)c(F)nc1CCl. The van der Waals surface area contributed by atoms with Crippen molar-refractivity contribution in [2.45, 2.75) is 18.7 Å². The van der Waals surface area contributed by atoms with E-state index in [9.17, 15) is 22.4 Å². The van der Waals surface area contributed by atoms with E-state index in [1.165, 1.54) is 0 Å². The number of aliphatic carboxylic acids is 1. The highest BCUT2D eigenvalue weighted by Gasteiger charge is 2.33. The number of alkyl halides is 4. The molecule has 1 heterocycles. The molecular weight excluding hydrogens is 282 g/mol. The molecule has 1 aromatic heterocycles. The standard InChI is InChI=1S/C9H6ClF4NO3/c10-3-5-4(2-7(16)17)1-6(8(11)15-5)18-9(12,13)14/h1H,2-3H2,(H,16,17). The zero-order chi connectivity index (χ0) is 13.9. The molecule has 0 unspecified atom stereocenters. The van der Waals surface area contributed by atoms with Crippen molar-refractivity contribution in [3.63, 3.8) is 0 Å². The van der Waals surface area contributed by atoms with E-state index in [-0.39, 0.29) is 17.1 Å². The van der Waals surface area contributed by atoms with Crippen LogP contribution in [0.5, 0.6) is 5.75 Å². The second-order valence-corrected chi connectivity index (χ2v) is 3.40. The van der Waals surface area contributed by atoms with Crippen LogP contribution in [0, 0.1) is 5.95 Å². The van der Waals surface area contributed by atoms with Crippen LogP contribution in [0.25, 0.3) is 0 Å². The Morgan fingerprint density at radius 3 is 2.56 bits per heavy atom. The number of rotatable bonds is 4. The molecular formula is C9H6ClF4NO3. The molecule has 100 valence electrons. The summed E-state index contributed by atoms with van der Waals surface area (Å²) in [5, 5.41) is 8.55. The molecule has 1 aromatic rings. The van der Waals surface area contributed by atoms with Gasteiger partial charge in [-0.05, 0) is 11.6 Å². The van der Waals surface area contributed by atoms with E-state index >= 15 is 0 Å². The highest BCUT2D eigenvalue weighted by molar-refractivity contribution is 6.17. The van der Waals surface area contributed by atoms with Crippen LogP contribution < -0.4 is 4.74 Å². The topological polar surface area (TPSA) is 59.4 Å². The first kappa shape index (κ1) is 14.5. The third-order valence-electron chi connectivity index (χ3n) is 1.81. The monoisotopic (exact) mass is 287 g/mol. The fraction of sp³-hybridized carbons (Fsp3) is 0.333. The summed E-state index contributed by atoms with van der Waals surface area (Å²) in [7, 11) is 0.